The molecule has 0 aliphatic heterocycles. The summed E-state index contributed by atoms with van der Waals surface area (Å²) in [6, 6.07) is 23.4. The summed E-state index contributed by atoms with van der Waals surface area (Å²) in [5.74, 6) is 0. The first kappa shape index (κ1) is 12.0. The van der Waals surface area contributed by atoms with Crippen LogP contribution in [0, 0.1) is 0 Å². The first-order valence-electron chi connectivity index (χ1n) is 7.28. The van der Waals surface area contributed by atoms with Crippen LogP contribution in [0.3, 0.4) is 0 Å². The van der Waals surface area contributed by atoms with Crippen LogP contribution in [0.15, 0.2) is 76.5 Å². The SMILES string of the molecule is c1ccc2c(c1)oc1c(-c3ccc4sccc4c3)cccc12. The minimum atomic E-state index is 0.946. The van der Waals surface area contributed by atoms with E-state index in [2.05, 4.69) is 60.0 Å². The molecule has 3 aromatic carbocycles. The first-order chi connectivity index (χ1) is 10.9. The highest BCUT2D eigenvalue weighted by Gasteiger charge is 2.11. The van der Waals surface area contributed by atoms with Gasteiger partial charge in [-0.15, -0.1) is 11.3 Å². The van der Waals surface area contributed by atoms with Gasteiger partial charge in [-0.3, -0.25) is 0 Å². The topological polar surface area (TPSA) is 13.1 Å². The van der Waals surface area contributed by atoms with E-state index in [4.69, 9.17) is 4.42 Å². The molecular formula is C20H12OS. The molecule has 2 aromatic heterocycles. The fourth-order valence-electron chi connectivity index (χ4n) is 3.11. The monoisotopic (exact) mass is 300 g/mol. The van der Waals surface area contributed by atoms with E-state index in [1.165, 1.54) is 26.4 Å². The van der Waals surface area contributed by atoms with E-state index in [1.807, 2.05) is 12.1 Å². The molecule has 0 fully saturated rings. The Labute approximate surface area is 131 Å². The molecule has 104 valence electrons. The van der Waals surface area contributed by atoms with Crippen molar-refractivity contribution in [2.24, 2.45) is 0 Å². The molecule has 5 rings (SSSR count). The maximum absolute atomic E-state index is 6.13. The Morgan fingerprint density at radius 3 is 2.68 bits per heavy atom. The van der Waals surface area contributed by atoms with Crippen LogP contribution in [-0.2, 0) is 0 Å². The van der Waals surface area contributed by atoms with Gasteiger partial charge in [-0.2, -0.15) is 0 Å². The van der Waals surface area contributed by atoms with E-state index < -0.39 is 0 Å². The predicted molar refractivity (Wildman–Crippen MR) is 94.5 cm³/mol. The predicted octanol–water partition coefficient (Wildman–Crippen LogP) is 6.47. The minimum Gasteiger partial charge on any atom is -0.455 e. The molecule has 1 nitrogen and oxygen atoms in total. The summed E-state index contributed by atoms with van der Waals surface area (Å²) in [5.41, 5.74) is 4.28. The Hall–Kier alpha value is -2.58. The third-order valence-corrected chi connectivity index (χ3v) is 5.07. The molecule has 0 aliphatic rings. The maximum Gasteiger partial charge on any atom is 0.143 e. The Balaban J connectivity index is 1.86. The molecule has 0 spiro atoms. The number of hydrogen-bond acceptors (Lipinski definition) is 2. The van der Waals surface area contributed by atoms with Gasteiger partial charge >= 0.3 is 0 Å². The Kier molecular flexibility index (Phi) is 2.43. The summed E-state index contributed by atoms with van der Waals surface area (Å²) in [7, 11) is 0. The van der Waals surface area contributed by atoms with Crippen molar-refractivity contribution in [1.29, 1.82) is 0 Å². The zero-order valence-electron chi connectivity index (χ0n) is 11.7. The number of rotatable bonds is 1. The van der Waals surface area contributed by atoms with Crippen molar-refractivity contribution in [2.75, 3.05) is 0 Å². The maximum atomic E-state index is 6.13. The molecule has 0 aliphatic carbocycles. The normalized spacial score (nSPS) is 11.6. The average molecular weight is 300 g/mol. The summed E-state index contributed by atoms with van der Waals surface area (Å²) in [6.07, 6.45) is 0. The number of hydrogen-bond donors (Lipinski definition) is 0. The van der Waals surface area contributed by atoms with Crippen LogP contribution in [0.4, 0.5) is 0 Å². The van der Waals surface area contributed by atoms with Crippen molar-refractivity contribution < 1.29 is 4.42 Å². The van der Waals surface area contributed by atoms with E-state index >= 15 is 0 Å². The summed E-state index contributed by atoms with van der Waals surface area (Å²) < 4.78 is 7.45. The molecule has 0 N–H and O–H groups in total. The zero-order valence-corrected chi connectivity index (χ0v) is 12.6. The van der Waals surface area contributed by atoms with Crippen molar-refractivity contribution in [3.63, 3.8) is 0 Å². The van der Waals surface area contributed by atoms with Gasteiger partial charge in [0, 0.05) is 21.0 Å². The standard InChI is InChI=1S/C20H12OS/c1-2-7-18-16(4-1)17-6-3-5-15(20(17)21-18)13-8-9-19-14(12-13)10-11-22-19/h1-12H. The Morgan fingerprint density at radius 2 is 1.68 bits per heavy atom. The smallest absolute Gasteiger partial charge is 0.143 e. The van der Waals surface area contributed by atoms with Gasteiger partial charge in [-0.05, 0) is 40.6 Å². The quantitative estimate of drug-likeness (QED) is 0.346. The van der Waals surface area contributed by atoms with Gasteiger partial charge in [0.2, 0.25) is 0 Å². The third-order valence-electron chi connectivity index (χ3n) is 4.17. The average Bonchev–Trinajstić information content (AvgIpc) is 3.18. The molecule has 0 saturated carbocycles. The first-order valence-corrected chi connectivity index (χ1v) is 8.16. The highest BCUT2D eigenvalue weighted by Crippen LogP contribution is 2.36. The molecule has 0 saturated heterocycles. The van der Waals surface area contributed by atoms with Crippen LogP contribution in [0.2, 0.25) is 0 Å². The van der Waals surface area contributed by atoms with Crippen molar-refractivity contribution in [2.45, 2.75) is 0 Å². The Bertz CT molecular complexity index is 1130. The largest absolute Gasteiger partial charge is 0.455 e. The van der Waals surface area contributed by atoms with E-state index in [0.717, 1.165) is 16.7 Å². The molecule has 0 bridgehead atoms. The van der Waals surface area contributed by atoms with Crippen LogP contribution in [0.1, 0.15) is 0 Å². The highest BCUT2D eigenvalue weighted by atomic mass is 32.1. The van der Waals surface area contributed by atoms with E-state index in [9.17, 15) is 0 Å². The van der Waals surface area contributed by atoms with Crippen LogP contribution < -0.4 is 0 Å². The number of furan rings is 1. The highest BCUT2D eigenvalue weighted by molar-refractivity contribution is 7.17. The summed E-state index contributed by atoms with van der Waals surface area (Å²) in [4.78, 5) is 0. The summed E-state index contributed by atoms with van der Waals surface area (Å²) in [5, 5.41) is 5.78. The lowest BCUT2D eigenvalue weighted by atomic mass is 10.0. The molecule has 2 heterocycles. The number of para-hydroxylation sites is 2. The molecule has 5 aromatic rings. The zero-order chi connectivity index (χ0) is 14.5. The Morgan fingerprint density at radius 1 is 0.773 bits per heavy atom. The van der Waals surface area contributed by atoms with Gasteiger partial charge in [0.25, 0.3) is 0 Å². The lowest BCUT2D eigenvalue weighted by Gasteiger charge is -2.03. The van der Waals surface area contributed by atoms with Crippen LogP contribution in [0.5, 0.6) is 0 Å². The molecule has 0 atom stereocenters. The van der Waals surface area contributed by atoms with Gasteiger partial charge < -0.3 is 4.42 Å². The second-order valence-corrected chi connectivity index (χ2v) is 6.40. The molecule has 2 heteroatoms. The van der Waals surface area contributed by atoms with Crippen molar-refractivity contribution in [3.8, 4) is 11.1 Å². The number of thiophene rings is 1. The van der Waals surface area contributed by atoms with Gasteiger partial charge in [0.05, 0.1) is 0 Å². The van der Waals surface area contributed by atoms with Gasteiger partial charge in [0.15, 0.2) is 0 Å². The van der Waals surface area contributed by atoms with E-state index in [0.29, 0.717) is 0 Å². The van der Waals surface area contributed by atoms with Gasteiger partial charge in [-0.1, -0.05) is 42.5 Å². The second kappa shape index (κ2) is 4.46. The summed E-state index contributed by atoms with van der Waals surface area (Å²) >= 11 is 1.78. The summed E-state index contributed by atoms with van der Waals surface area (Å²) in [6.45, 7) is 0. The molecule has 0 unspecified atom stereocenters. The minimum absolute atomic E-state index is 0.946. The van der Waals surface area contributed by atoms with Crippen molar-refractivity contribution in [1.82, 2.24) is 0 Å². The van der Waals surface area contributed by atoms with Crippen molar-refractivity contribution in [3.05, 3.63) is 72.1 Å². The number of fused-ring (bicyclic) bond motifs is 4. The van der Waals surface area contributed by atoms with Gasteiger partial charge in [-0.25, -0.2) is 0 Å². The number of benzene rings is 3. The van der Waals surface area contributed by atoms with Crippen LogP contribution >= 0.6 is 11.3 Å². The van der Waals surface area contributed by atoms with Crippen molar-refractivity contribution >= 4 is 43.4 Å². The third kappa shape index (κ3) is 1.65. The molecule has 0 radical (unpaired) electrons. The van der Waals surface area contributed by atoms with Crippen LogP contribution in [-0.4, -0.2) is 0 Å². The fraction of sp³-hybridized carbons (Fsp3) is 0. The van der Waals surface area contributed by atoms with E-state index in [1.54, 1.807) is 11.3 Å². The lowest BCUT2D eigenvalue weighted by Crippen LogP contribution is -1.78. The van der Waals surface area contributed by atoms with E-state index in [-0.39, 0.29) is 0 Å². The molecule has 0 amide bonds. The molecular weight excluding hydrogens is 288 g/mol. The lowest BCUT2D eigenvalue weighted by molar-refractivity contribution is 0.670. The molecule has 22 heavy (non-hydrogen) atoms. The second-order valence-electron chi connectivity index (χ2n) is 5.45. The van der Waals surface area contributed by atoms with Gasteiger partial charge in [0.1, 0.15) is 11.2 Å². The van der Waals surface area contributed by atoms with Crippen LogP contribution in [0.25, 0.3) is 43.2 Å². The fourth-order valence-corrected chi connectivity index (χ4v) is 3.88.